The zero-order valence-corrected chi connectivity index (χ0v) is 14.8. The van der Waals surface area contributed by atoms with Crippen LogP contribution in [-0.4, -0.2) is 16.2 Å². The van der Waals surface area contributed by atoms with Gasteiger partial charge < -0.3 is 5.32 Å². The molecule has 0 heterocycles. The van der Waals surface area contributed by atoms with Crippen molar-refractivity contribution in [2.45, 2.75) is 40.7 Å². The number of nitrogens with zero attached hydrogens (tertiary/aromatic N) is 1. The molecular weight excluding hydrogens is 300 g/mol. The van der Waals surface area contributed by atoms with Crippen molar-refractivity contribution < 1.29 is 10.0 Å². The van der Waals surface area contributed by atoms with Crippen LogP contribution in [0.2, 0.25) is 0 Å². The number of hydrogen-bond acceptors (Lipinski definition) is 3. The van der Waals surface area contributed by atoms with Crippen molar-refractivity contribution in [1.29, 1.82) is 0 Å². The quantitative estimate of drug-likeness (QED) is 0.587. The van der Waals surface area contributed by atoms with Gasteiger partial charge in [0.2, 0.25) is 0 Å². The molecule has 0 aliphatic rings. The summed E-state index contributed by atoms with van der Waals surface area (Å²) in [6, 6.07) is 15.9. The predicted molar refractivity (Wildman–Crippen MR) is 97.3 cm³/mol. The lowest BCUT2D eigenvalue weighted by molar-refractivity contribution is -0.178. The second-order valence-electron chi connectivity index (χ2n) is 6.79. The summed E-state index contributed by atoms with van der Waals surface area (Å²) in [6.07, 6.45) is 0.683. The lowest BCUT2D eigenvalue weighted by Crippen LogP contribution is -2.38. The molecule has 0 bridgehead atoms. The summed E-state index contributed by atoms with van der Waals surface area (Å²) in [4.78, 5) is 12.2. The van der Waals surface area contributed by atoms with Crippen molar-refractivity contribution in [3.05, 3.63) is 59.7 Å². The first-order chi connectivity index (χ1) is 11.3. The van der Waals surface area contributed by atoms with Gasteiger partial charge in [0.15, 0.2) is 0 Å². The second-order valence-corrected chi connectivity index (χ2v) is 6.79. The number of carbonyl (C=O) groups excluding carboxylic acids is 1. The molecule has 2 aromatic rings. The summed E-state index contributed by atoms with van der Waals surface area (Å²) < 4.78 is 0. The zero-order valence-electron chi connectivity index (χ0n) is 14.8. The molecule has 0 unspecified atom stereocenters. The van der Waals surface area contributed by atoms with Gasteiger partial charge in [-0.3, -0.25) is 10.0 Å². The molecule has 2 N–H and O–H groups in total. The van der Waals surface area contributed by atoms with E-state index in [1.807, 2.05) is 57.2 Å². The lowest BCUT2D eigenvalue weighted by atomic mass is 9.89. The molecule has 0 fully saturated rings. The Labute approximate surface area is 144 Å². The summed E-state index contributed by atoms with van der Waals surface area (Å²) in [7, 11) is 0. The Morgan fingerprint density at radius 1 is 1.04 bits per heavy atom. The molecule has 2 rings (SSSR count). The van der Waals surface area contributed by atoms with Crippen LogP contribution in [0.3, 0.4) is 0 Å². The van der Waals surface area contributed by atoms with Gasteiger partial charge >= 0.3 is 0 Å². The van der Waals surface area contributed by atoms with Gasteiger partial charge in [0.05, 0.1) is 6.54 Å². The van der Waals surface area contributed by atoms with Crippen LogP contribution in [-0.2, 0) is 11.3 Å². The van der Waals surface area contributed by atoms with Gasteiger partial charge in [-0.25, -0.2) is 5.06 Å². The van der Waals surface area contributed by atoms with E-state index in [-0.39, 0.29) is 12.5 Å². The molecule has 0 saturated carbocycles. The number of amides is 1. The lowest BCUT2D eigenvalue weighted by Gasteiger charge is -2.26. The van der Waals surface area contributed by atoms with Crippen molar-refractivity contribution in [2.24, 2.45) is 5.41 Å². The molecule has 0 radical (unpaired) electrons. The zero-order chi connectivity index (χ0) is 17.7. The number of benzene rings is 2. The minimum absolute atomic E-state index is 0.188. The Balaban J connectivity index is 1.99. The molecule has 0 aliphatic carbocycles. The Morgan fingerprint density at radius 2 is 1.54 bits per heavy atom. The Hall–Kier alpha value is -2.33. The average Bonchev–Trinajstić information content (AvgIpc) is 2.58. The van der Waals surface area contributed by atoms with Crippen LogP contribution in [0.1, 0.15) is 38.3 Å². The fourth-order valence-electron chi connectivity index (χ4n) is 2.24. The van der Waals surface area contributed by atoms with Crippen LogP contribution < -0.4 is 5.32 Å². The van der Waals surface area contributed by atoms with Gasteiger partial charge in [0, 0.05) is 16.8 Å². The highest BCUT2D eigenvalue weighted by Gasteiger charge is 2.29. The second kappa shape index (κ2) is 7.49. The maximum Gasteiger partial charge on any atom is 0.251 e. The molecule has 0 atom stereocenters. The molecule has 0 aliphatic heterocycles. The third-order valence-electron chi connectivity index (χ3n) is 4.32. The van der Waals surface area contributed by atoms with E-state index < -0.39 is 5.41 Å². The van der Waals surface area contributed by atoms with E-state index in [9.17, 15) is 10.0 Å². The predicted octanol–water partition coefficient (Wildman–Crippen LogP) is 4.89. The number of hydroxylamine groups is 2. The summed E-state index contributed by atoms with van der Waals surface area (Å²) in [5.74, 6) is -0.258. The van der Waals surface area contributed by atoms with E-state index in [2.05, 4.69) is 24.4 Å². The minimum Gasteiger partial charge on any atom is -0.356 e. The van der Waals surface area contributed by atoms with Crippen LogP contribution in [0.5, 0.6) is 0 Å². The third kappa shape index (κ3) is 4.59. The van der Waals surface area contributed by atoms with Crippen molar-refractivity contribution in [2.75, 3.05) is 5.32 Å². The fourth-order valence-corrected chi connectivity index (χ4v) is 2.24. The van der Waals surface area contributed by atoms with Crippen molar-refractivity contribution in [3.63, 3.8) is 0 Å². The van der Waals surface area contributed by atoms with Crippen LogP contribution in [0, 0.1) is 12.3 Å². The van der Waals surface area contributed by atoms with Crippen molar-refractivity contribution in [1.82, 2.24) is 5.06 Å². The highest BCUT2D eigenvalue weighted by atomic mass is 16.5. The SMILES string of the molecule is CCC(C)(C)C(=O)N(O)Cc1ccc(Nc2ccc(C)cc2)cc1. The first-order valence-corrected chi connectivity index (χ1v) is 8.25. The molecular formula is C20H26N2O2. The molecule has 24 heavy (non-hydrogen) atoms. The summed E-state index contributed by atoms with van der Waals surface area (Å²) >= 11 is 0. The van der Waals surface area contributed by atoms with E-state index >= 15 is 0 Å². The van der Waals surface area contributed by atoms with E-state index in [1.54, 1.807) is 0 Å². The van der Waals surface area contributed by atoms with Gasteiger partial charge in [0.1, 0.15) is 0 Å². The number of anilines is 2. The van der Waals surface area contributed by atoms with E-state index in [1.165, 1.54) is 5.56 Å². The van der Waals surface area contributed by atoms with Gasteiger partial charge in [-0.2, -0.15) is 0 Å². The van der Waals surface area contributed by atoms with Crippen LogP contribution >= 0.6 is 0 Å². The van der Waals surface area contributed by atoms with E-state index in [4.69, 9.17) is 0 Å². The van der Waals surface area contributed by atoms with Gasteiger partial charge in [-0.15, -0.1) is 0 Å². The summed E-state index contributed by atoms with van der Waals surface area (Å²) in [6.45, 7) is 7.87. The number of carbonyl (C=O) groups is 1. The Kier molecular flexibility index (Phi) is 5.62. The first-order valence-electron chi connectivity index (χ1n) is 8.25. The summed E-state index contributed by atoms with van der Waals surface area (Å²) in [5, 5.41) is 14.2. The minimum atomic E-state index is -0.554. The standard InChI is InChI=1S/C20H26N2O2/c1-5-20(3,4)19(23)22(24)14-16-8-12-18(13-9-16)21-17-10-6-15(2)7-11-17/h6-13,21,24H,5,14H2,1-4H3. The van der Waals surface area contributed by atoms with Crippen molar-refractivity contribution >= 4 is 17.3 Å². The largest absolute Gasteiger partial charge is 0.356 e. The van der Waals surface area contributed by atoms with E-state index in [0.29, 0.717) is 6.42 Å². The molecule has 0 aromatic heterocycles. The molecule has 0 spiro atoms. The third-order valence-corrected chi connectivity index (χ3v) is 4.32. The Morgan fingerprint density at radius 3 is 2.04 bits per heavy atom. The molecule has 4 heteroatoms. The average molecular weight is 326 g/mol. The first kappa shape index (κ1) is 18.0. The van der Waals surface area contributed by atoms with Gasteiger partial charge in [-0.05, 0) is 43.2 Å². The highest BCUT2D eigenvalue weighted by Crippen LogP contribution is 2.24. The molecule has 1 amide bonds. The highest BCUT2D eigenvalue weighted by molar-refractivity contribution is 5.80. The maximum absolute atomic E-state index is 12.2. The fraction of sp³-hybridized carbons (Fsp3) is 0.350. The molecule has 128 valence electrons. The number of rotatable bonds is 6. The van der Waals surface area contributed by atoms with E-state index in [0.717, 1.165) is 22.0 Å². The molecule has 2 aromatic carbocycles. The van der Waals surface area contributed by atoms with Crippen LogP contribution in [0.15, 0.2) is 48.5 Å². The molecule has 0 saturated heterocycles. The molecule has 4 nitrogen and oxygen atoms in total. The van der Waals surface area contributed by atoms with Crippen LogP contribution in [0.4, 0.5) is 11.4 Å². The monoisotopic (exact) mass is 326 g/mol. The van der Waals surface area contributed by atoms with Crippen LogP contribution in [0.25, 0.3) is 0 Å². The van der Waals surface area contributed by atoms with Gasteiger partial charge in [0.25, 0.3) is 5.91 Å². The normalized spacial score (nSPS) is 11.2. The smallest absolute Gasteiger partial charge is 0.251 e. The number of nitrogens with one attached hydrogen (secondary N) is 1. The number of aryl methyl sites for hydroxylation is 1. The van der Waals surface area contributed by atoms with Crippen molar-refractivity contribution in [3.8, 4) is 0 Å². The summed E-state index contributed by atoms with van der Waals surface area (Å²) in [5.41, 5.74) is 3.54. The number of hydrogen-bond donors (Lipinski definition) is 2. The topological polar surface area (TPSA) is 52.6 Å². The Bertz CT molecular complexity index is 676. The maximum atomic E-state index is 12.2. The van der Waals surface area contributed by atoms with Gasteiger partial charge in [-0.1, -0.05) is 50.6 Å².